The molecule has 2 heterocycles. The quantitative estimate of drug-likeness (QED) is 0.840. The third-order valence-corrected chi connectivity index (χ3v) is 5.35. The minimum absolute atomic E-state index is 0.0963. The molecule has 0 aliphatic carbocycles. The molecule has 1 aromatic rings. The van der Waals surface area contributed by atoms with Gasteiger partial charge in [-0.05, 0) is 24.7 Å². The highest BCUT2D eigenvalue weighted by atomic mass is 32.2. The lowest BCUT2D eigenvalue weighted by atomic mass is 10.2. The molecule has 1 aliphatic rings. The summed E-state index contributed by atoms with van der Waals surface area (Å²) in [6.45, 7) is 0.682. The summed E-state index contributed by atoms with van der Waals surface area (Å²) in [4.78, 5) is 13.1. The summed E-state index contributed by atoms with van der Waals surface area (Å²) >= 11 is 3.38. The fourth-order valence-corrected chi connectivity index (χ4v) is 3.97. The zero-order chi connectivity index (χ0) is 14.2. The fourth-order valence-electron chi connectivity index (χ4n) is 1.99. The van der Waals surface area contributed by atoms with Gasteiger partial charge >= 0.3 is 0 Å². The molecular weight excluding hydrogens is 290 g/mol. The number of carbonyl (C=O) groups excluding carboxylic acids is 1. The Balaban J connectivity index is 1.79. The Bertz CT molecular complexity index is 495. The van der Waals surface area contributed by atoms with Crippen LogP contribution in [-0.4, -0.2) is 28.6 Å². The number of thiophene rings is 1. The van der Waals surface area contributed by atoms with Crippen LogP contribution in [0.15, 0.2) is 11.4 Å². The zero-order valence-electron chi connectivity index (χ0n) is 11.4. The number of aliphatic hydroxyl groups is 1. The molecule has 0 aromatic carbocycles. The molecule has 20 heavy (non-hydrogen) atoms. The van der Waals surface area contributed by atoms with E-state index in [0.717, 1.165) is 29.0 Å². The molecule has 1 aliphatic heterocycles. The van der Waals surface area contributed by atoms with E-state index in [9.17, 15) is 4.79 Å². The van der Waals surface area contributed by atoms with Crippen molar-refractivity contribution in [3.63, 3.8) is 0 Å². The highest BCUT2D eigenvalue weighted by Gasteiger charge is 2.21. The molecule has 5 heteroatoms. The van der Waals surface area contributed by atoms with Crippen molar-refractivity contribution in [2.75, 3.05) is 12.4 Å². The molecule has 0 radical (unpaired) electrons. The van der Waals surface area contributed by atoms with Crippen LogP contribution in [0.2, 0.25) is 0 Å². The van der Waals surface area contributed by atoms with E-state index in [0.29, 0.717) is 13.0 Å². The maximum atomic E-state index is 12.0. The van der Waals surface area contributed by atoms with Gasteiger partial charge in [-0.15, -0.1) is 23.1 Å². The highest BCUT2D eigenvalue weighted by Crippen LogP contribution is 2.25. The number of nitrogens with one attached hydrogen (secondary N) is 1. The molecule has 1 aromatic heterocycles. The van der Waals surface area contributed by atoms with E-state index in [2.05, 4.69) is 17.2 Å². The average Bonchev–Trinajstić information content (AvgIpc) is 2.94. The second kappa shape index (κ2) is 8.35. The van der Waals surface area contributed by atoms with Crippen LogP contribution in [0, 0.1) is 11.8 Å². The molecule has 0 saturated carbocycles. The van der Waals surface area contributed by atoms with Gasteiger partial charge in [-0.2, -0.15) is 0 Å². The monoisotopic (exact) mass is 309 g/mol. The topological polar surface area (TPSA) is 49.3 Å². The molecule has 2 N–H and O–H groups in total. The third-order valence-electron chi connectivity index (χ3n) is 3.03. The van der Waals surface area contributed by atoms with E-state index in [1.807, 2.05) is 11.4 Å². The Hall–Kier alpha value is -0.960. The first-order valence-corrected chi connectivity index (χ1v) is 8.79. The first-order chi connectivity index (χ1) is 9.79. The van der Waals surface area contributed by atoms with Gasteiger partial charge in [0.25, 0.3) is 0 Å². The number of rotatable bonds is 4. The summed E-state index contributed by atoms with van der Waals surface area (Å²) in [5.74, 6) is 7.16. The van der Waals surface area contributed by atoms with Crippen LogP contribution in [0.25, 0.3) is 0 Å². The normalized spacial score (nSPS) is 18.1. The summed E-state index contributed by atoms with van der Waals surface area (Å²) in [5, 5.41) is 13.8. The number of aliphatic hydroxyl groups excluding tert-OH is 1. The van der Waals surface area contributed by atoms with Crippen LogP contribution in [0.3, 0.4) is 0 Å². The smallest absolute Gasteiger partial charge is 0.233 e. The molecule has 1 saturated heterocycles. The van der Waals surface area contributed by atoms with Gasteiger partial charge in [0.05, 0.1) is 18.4 Å². The van der Waals surface area contributed by atoms with Crippen LogP contribution < -0.4 is 5.32 Å². The summed E-state index contributed by atoms with van der Waals surface area (Å²) in [6, 6.07) is 2.00. The summed E-state index contributed by atoms with van der Waals surface area (Å²) in [7, 11) is 0. The lowest BCUT2D eigenvalue weighted by Gasteiger charge is -2.20. The molecule has 1 unspecified atom stereocenters. The van der Waals surface area contributed by atoms with Gasteiger partial charge in [0.1, 0.15) is 0 Å². The predicted octanol–water partition coefficient (Wildman–Crippen LogP) is 2.38. The first-order valence-electron chi connectivity index (χ1n) is 6.86. The van der Waals surface area contributed by atoms with E-state index in [1.54, 1.807) is 23.1 Å². The van der Waals surface area contributed by atoms with Gasteiger partial charge in [0.2, 0.25) is 5.91 Å². The van der Waals surface area contributed by atoms with Crippen molar-refractivity contribution in [2.45, 2.75) is 37.5 Å². The summed E-state index contributed by atoms with van der Waals surface area (Å²) < 4.78 is 0. The van der Waals surface area contributed by atoms with Crippen molar-refractivity contribution in [2.24, 2.45) is 0 Å². The lowest BCUT2D eigenvalue weighted by Crippen LogP contribution is -2.33. The van der Waals surface area contributed by atoms with Gasteiger partial charge in [0.15, 0.2) is 0 Å². The summed E-state index contributed by atoms with van der Waals surface area (Å²) in [6.07, 6.45) is 3.89. The van der Waals surface area contributed by atoms with Gasteiger partial charge < -0.3 is 10.4 Å². The third kappa shape index (κ3) is 4.86. The minimum atomic E-state index is 0.0963. The van der Waals surface area contributed by atoms with Crippen LogP contribution in [-0.2, 0) is 11.3 Å². The maximum Gasteiger partial charge on any atom is 0.233 e. The predicted molar refractivity (Wildman–Crippen MR) is 84.8 cm³/mol. The summed E-state index contributed by atoms with van der Waals surface area (Å²) in [5.41, 5.74) is 0.958. The Morgan fingerprint density at radius 1 is 1.50 bits per heavy atom. The standard InChI is InChI=1S/C15H19NO2S2/c17-7-3-1-5-12-9-13(20-11-12)10-16-15(18)14-6-2-4-8-19-14/h9,11,14,17H,2-4,6-8,10H2,(H,16,18). The Labute approximate surface area is 128 Å². The second-order valence-electron chi connectivity index (χ2n) is 4.65. The van der Waals surface area contributed by atoms with E-state index < -0.39 is 0 Å². The maximum absolute atomic E-state index is 12.0. The van der Waals surface area contributed by atoms with Crippen molar-refractivity contribution in [3.8, 4) is 11.8 Å². The molecule has 108 valence electrons. The van der Waals surface area contributed by atoms with Crippen molar-refractivity contribution < 1.29 is 9.90 Å². The van der Waals surface area contributed by atoms with Crippen molar-refractivity contribution in [1.82, 2.24) is 5.32 Å². The lowest BCUT2D eigenvalue weighted by molar-refractivity contribution is -0.120. The van der Waals surface area contributed by atoms with Gasteiger partial charge in [-0.1, -0.05) is 18.3 Å². The SMILES string of the molecule is O=C(NCc1cc(C#CCCO)cs1)C1CCCCS1. The van der Waals surface area contributed by atoms with E-state index in [4.69, 9.17) is 5.11 Å². The second-order valence-corrected chi connectivity index (χ2v) is 6.96. The molecule has 2 rings (SSSR count). The van der Waals surface area contributed by atoms with E-state index in [1.165, 1.54) is 6.42 Å². The Kier molecular flexibility index (Phi) is 6.44. The number of amides is 1. The molecule has 0 spiro atoms. The molecule has 3 nitrogen and oxygen atoms in total. The highest BCUT2D eigenvalue weighted by molar-refractivity contribution is 8.00. The van der Waals surface area contributed by atoms with E-state index >= 15 is 0 Å². The Morgan fingerprint density at radius 3 is 3.15 bits per heavy atom. The first kappa shape index (κ1) is 15.4. The van der Waals surface area contributed by atoms with Gasteiger partial charge in [0, 0.05) is 22.2 Å². The van der Waals surface area contributed by atoms with Crippen molar-refractivity contribution in [1.29, 1.82) is 0 Å². The molecular formula is C15H19NO2S2. The minimum Gasteiger partial charge on any atom is -0.395 e. The van der Waals surface area contributed by atoms with Crippen LogP contribution in [0.1, 0.15) is 36.1 Å². The van der Waals surface area contributed by atoms with Crippen LogP contribution in [0.5, 0.6) is 0 Å². The number of thioether (sulfide) groups is 1. The number of hydrogen-bond donors (Lipinski definition) is 2. The average molecular weight is 309 g/mol. The largest absolute Gasteiger partial charge is 0.395 e. The Morgan fingerprint density at radius 2 is 2.40 bits per heavy atom. The zero-order valence-corrected chi connectivity index (χ0v) is 13.0. The van der Waals surface area contributed by atoms with Gasteiger partial charge in [-0.25, -0.2) is 0 Å². The van der Waals surface area contributed by atoms with E-state index in [-0.39, 0.29) is 17.8 Å². The van der Waals surface area contributed by atoms with Gasteiger partial charge in [-0.3, -0.25) is 4.79 Å². The molecule has 1 fully saturated rings. The van der Waals surface area contributed by atoms with Crippen molar-refractivity contribution >= 4 is 29.0 Å². The number of hydrogen-bond acceptors (Lipinski definition) is 4. The van der Waals surface area contributed by atoms with Crippen LogP contribution >= 0.6 is 23.1 Å². The fraction of sp³-hybridized carbons (Fsp3) is 0.533. The molecule has 0 bridgehead atoms. The molecule has 1 amide bonds. The molecule has 1 atom stereocenters. The van der Waals surface area contributed by atoms with Crippen LogP contribution in [0.4, 0.5) is 0 Å². The van der Waals surface area contributed by atoms with Crippen molar-refractivity contribution in [3.05, 3.63) is 21.9 Å². The number of carbonyl (C=O) groups is 1.